The lowest BCUT2D eigenvalue weighted by atomic mass is 10.1. The molecule has 9 heteroatoms. The van der Waals surface area contributed by atoms with Gasteiger partial charge in [0, 0.05) is 0 Å². The fourth-order valence-corrected chi connectivity index (χ4v) is 3.38. The highest BCUT2D eigenvalue weighted by molar-refractivity contribution is 7.90. The molecule has 0 aromatic heterocycles. The van der Waals surface area contributed by atoms with Gasteiger partial charge in [-0.05, 0) is 12.1 Å². The molecule has 3 N–H and O–H groups in total. The van der Waals surface area contributed by atoms with E-state index in [1.54, 1.807) is 12.1 Å². The summed E-state index contributed by atoms with van der Waals surface area (Å²) in [5, 5.41) is 7.15. The first kappa shape index (κ1) is 12.8. The van der Waals surface area contributed by atoms with Crippen molar-refractivity contribution in [2.45, 2.75) is 11.4 Å². The van der Waals surface area contributed by atoms with Crippen LogP contribution in [0.2, 0.25) is 0 Å². The van der Waals surface area contributed by atoms with Crippen molar-refractivity contribution in [2.24, 2.45) is 5.14 Å². The smallest absolute Gasteiger partial charge is 0.264 e. The van der Waals surface area contributed by atoms with Gasteiger partial charge in [-0.2, -0.15) is 0 Å². The zero-order chi connectivity index (χ0) is 14.7. The molecule has 0 aliphatic carbocycles. The largest absolute Gasteiger partial charge is 0.318 e. The third-order valence-corrected chi connectivity index (χ3v) is 4.73. The lowest BCUT2D eigenvalue weighted by Gasteiger charge is -2.44. The van der Waals surface area contributed by atoms with Crippen LogP contribution in [-0.2, 0) is 14.8 Å². The maximum Gasteiger partial charge on any atom is 0.264 e. The number of nitrogens with two attached hydrogens (primary N) is 1. The number of β-lactam (4-membered cyclic amide) rings is 1. The van der Waals surface area contributed by atoms with Crippen LogP contribution in [0.15, 0.2) is 24.3 Å². The third-order valence-electron chi connectivity index (χ3n) is 3.36. The Balaban J connectivity index is 2.15. The van der Waals surface area contributed by atoms with E-state index >= 15 is 0 Å². The quantitative estimate of drug-likeness (QED) is 0.520. The van der Waals surface area contributed by atoms with E-state index in [1.165, 1.54) is 12.1 Å². The Hall–Kier alpha value is -2.26. The molecule has 2 aliphatic heterocycles. The van der Waals surface area contributed by atoms with Crippen LogP contribution in [-0.4, -0.2) is 36.0 Å². The maximum atomic E-state index is 12.2. The number of nitrogens with one attached hydrogen (secondary N) is 1. The number of rotatable bonds is 2. The SMILES string of the molecule is NS(=O)(=O)C1(N2C(=O)c3ccccc3C2=O)CC(=O)N1. The van der Waals surface area contributed by atoms with Crippen LogP contribution in [0.1, 0.15) is 27.1 Å². The van der Waals surface area contributed by atoms with Gasteiger partial charge in [-0.25, -0.2) is 18.5 Å². The Labute approximate surface area is 113 Å². The van der Waals surface area contributed by atoms with Crippen LogP contribution in [0.4, 0.5) is 0 Å². The zero-order valence-electron chi connectivity index (χ0n) is 9.99. The van der Waals surface area contributed by atoms with Gasteiger partial charge in [0.2, 0.25) is 10.9 Å². The molecule has 1 aromatic carbocycles. The zero-order valence-corrected chi connectivity index (χ0v) is 10.8. The van der Waals surface area contributed by atoms with E-state index < -0.39 is 39.2 Å². The molecule has 1 aromatic rings. The molecule has 0 saturated carbocycles. The molecule has 1 fully saturated rings. The van der Waals surface area contributed by atoms with Crippen molar-refractivity contribution in [2.75, 3.05) is 0 Å². The molecule has 0 spiro atoms. The van der Waals surface area contributed by atoms with Gasteiger partial charge in [0.05, 0.1) is 17.5 Å². The number of benzene rings is 1. The topological polar surface area (TPSA) is 127 Å². The summed E-state index contributed by atoms with van der Waals surface area (Å²) in [4.78, 5) is 33.9. The normalized spacial score (nSPS) is 25.2. The highest BCUT2D eigenvalue weighted by Gasteiger charge is 2.63. The number of carbonyl (C=O) groups is 3. The van der Waals surface area contributed by atoms with Crippen molar-refractivity contribution in [3.05, 3.63) is 35.4 Å². The van der Waals surface area contributed by atoms with Crippen LogP contribution in [0, 0.1) is 0 Å². The molecular formula is C11H9N3O5S. The second-order valence-electron chi connectivity index (χ2n) is 4.55. The number of primary sulfonamides is 1. The van der Waals surface area contributed by atoms with Gasteiger partial charge >= 0.3 is 0 Å². The van der Waals surface area contributed by atoms with Crippen molar-refractivity contribution in [3.8, 4) is 0 Å². The van der Waals surface area contributed by atoms with Crippen LogP contribution in [0.5, 0.6) is 0 Å². The molecule has 1 unspecified atom stereocenters. The van der Waals surface area contributed by atoms with Crippen LogP contribution >= 0.6 is 0 Å². The van der Waals surface area contributed by atoms with Crippen molar-refractivity contribution >= 4 is 27.7 Å². The standard InChI is InChI=1S/C11H9N3O5S/c12-20(18,19)11(5-8(15)13-11)14-9(16)6-3-1-2-4-7(6)10(14)17/h1-4H,5H2,(H,13,15)(H2,12,18,19). The van der Waals surface area contributed by atoms with Gasteiger partial charge in [0.25, 0.3) is 21.8 Å². The van der Waals surface area contributed by atoms with Gasteiger partial charge in [-0.3, -0.25) is 14.4 Å². The van der Waals surface area contributed by atoms with Crippen LogP contribution in [0.25, 0.3) is 0 Å². The minimum absolute atomic E-state index is 0.0849. The number of hydrogen-bond acceptors (Lipinski definition) is 5. The first-order valence-electron chi connectivity index (χ1n) is 5.59. The van der Waals surface area contributed by atoms with Crippen molar-refractivity contribution < 1.29 is 22.8 Å². The van der Waals surface area contributed by atoms with Gasteiger partial charge in [0.1, 0.15) is 0 Å². The number of fused-ring (bicyclic) bond motifs is 1. The number of hydrogen-bond donors (Lipinski definition) is 2. The highest BCUT2D eigenvalue weighted by atomic mass is 32.2. The molecule has 0 bridgehead atoms. The van der Waals surface area contributed by atoms with E-state index in [2.05, 4.69) is 5.32 Å². The Bertz CT molecular complexity index is 727. The van der Waals surface area contributed by atoms with Gasteiger partial charge in [0.15, 0.2) is 0 Å². The average Bonchev–Trinajstić information content (AvgIpc) is 2.58. The Morgan fingerprint density at radius 3 is 1.90 bits per heavy atom. The summed E-state index contributed by atoms with van der Waals surface area (Å²) in [5.41, 5.74) is 0.170. The summed E-state index contributed by atoms with van der Waals surface area (Å²) in [6, 6.07) is 5.92. The Morgan fingerprint density at radius 1 is 1.10 bits per heavy atom. The number of sulfonamides is 1. The molecule has 3 amide bonds. The number of carbonyl (C=O) groups excluding carboxylic acids is 3. The van der Waals surface area contributed by atoms with E-state index in [0.29, 0.717) is 4.90 Å². The summed E-state index contributed by atoms with van der Waals surface area (Å²) in [5.74, 6) is -2.19. The molecule has 2 heterocycles. The lowest BCUT2D eigenvalue weighted by molar-refractivity contribution is -0.132. The number of imide groups is 1. The number of nitrogens with zero attached hydrogens (tertiary/aromatic N) is 1. The predicted octanol–water partition coefficient (Wildman–Crippen LogP) is -1.26. The van der Waals surface area contributed by atoms with Gasteiger partial charge < -0.3 is 5.32 Å². The van der Waals surface area contributed by atoms with Crippen LogP contribution < -0.4 is 10.5 Å². The molecule has 3 rings (SSSR count). The van der Waals surface area contributed by atoms with Gasteiger partial charge in [-0.15, -0.1) is 0 Å². The fourth-order valence-electron chi connectivity index (χ4n) is 2.37. The highest BCUT2D eigenvalue weighted by Crippen LogP contribution is 2.36. The molecular weight excluding hydrogens is 286 g/mol. The van der Waals surface area contributed by atoms with E-state index in [1.807, 2.05) is 0 Å². The predicted molar refractivity (Wildman–Crippen MR) is 65.5 cm³/mol. The Kier molecular flexibility index (Phi) is 2.32. The minimum Gasteiger partial charge on any atom is -0.318 e. The molecule has 0 radical (unpaired) electrons. The summed E-state index contributed by atoms with van der Waals surface area (Å²) in [6.45, 7) is 0. The van der Waals surface area contributed by atoms with Crippen molar-refractivity contribution in [3.63, 3.8) is 0 Å². The first-order chi connectivity index (χ1) is 9.28. The first-order valence-corrected chi connectivity index (χ1v) is 7.14. The molecule has 20 heavy (non-hydrogen) atoms. The summed E-state index contributed by atoms with van der Waals surface area (Å²) in [7, 11) is -4.38. The summed E-state index contributed by atoms with van der Waals surface area (Å²) >= 11 is 0. The van der Waals surface area contributed by atoms with Crippen LogP contribution in [0.3, 0.4) is 0 Å². The van der Waals surface area contributed by atoms with E-state index in [-0.39, 0.29) is 11.1 Å². The maximum absolute atomic E-state index is 12.2. The molecule has 104 valence electrons. The monoisotopic (exact) mass is 295 g/mol. The van der Waals surface area contributed by atoms with E-state index in [0.717, 1.165) is 0 Å². The molecule has 2 aliphatic rings. The molecule has 8 nitrogen and oxygen atoms in total. The second kappa shape index (κ2) is 3.64. The fraction of sp³-hybridized carbons (Fsp3) is 0.182. The lowest BCUT2D eigenvalue weighted by Crippen LogP contribution is -2.76. The average molecular weight is 295 g/mol. The van der Waals surface area contributed by atoms with Crippen molar-refractivity contribution in [1.29, 1.82) is 0 Å². The Morgan fingerprint density at radius 2 is 1.55 bits per heavy atom. The number of amides is 3. The minimum atomic E-state index is -4.38. The van der Waals surface area contributed by atoms with Crippen molar-refractivity contribution in [1.82, 2.24) is 10.2 Å². The van der Waals surface area contributed by atoms with E-state index in [9.17, 15) is 22.8 Å². The summed E-state index contributed by atoms with van der Waals surface area (Å²) < 4.78 is 23.5. The van der Waals surface area contributed by atoms with E-state index in [4.69, 9.17) is 5.14 Å². The third kappa shape index (κ3) is 1.38. The molecule has 1 atom stereocenters. The van der Waals surface area contributed by atoms with Gasteiger partial charge in [-0.1, -0.05) is 12.1 Å². The second-order valence-corrected chi connectivity index (χ2v) is 6.31. The summed E-state index contributed by atoms with van der Waals surface area (Å²) in [6.07, 6.45) is -0.558. The molecule has 1 saturated heterocycles.